The zero-order chi connectivity index (χ0) is 13.4. The molecule has 0 radical (unpaired) electrons. The largest absolute Gasteiger partial charge is 0.308 e. The van der Waals surface area contributed by atoms with E-state index in [2.05, 4.69) is 36.7 Å². The van der Waals surface area contributed by atoms with Crippen molar-refractivity contribution >= 4 is 15.9 Å². The monoisotopic (exact) mass is 324 g/mol. The third-order valence-electron chi connectivity index (χ3n) is 3.31. The lowest BCUT2D eigenvalue weighted by Crippen LogP contribution is -2.15. The summed E-state index contributed by atoms with van der Waals surface area (Å²) < 4.78 is 4.78. The lowest BCUT2D eigenvalue weighted by Gasteiger charge is -2.02. The van der Waals surface area contributed by atoms with E-state index in [9.17, 15) is 0 Å². The van der Waals surface area contributed by atoms with Crippen molar-refractivity contribution in [2.45, 2.75) is 38.9 Å². The second-order valence-corrected chi connectivity index (χ2v) is 5.83. The van der Waals surface area contributed by atoms with Crippen LogP contribution in [0.4, 0.5) is 0 Å². The molecule has 0 bridgehead atoms. The summed E-state index contributed by atoms with van der Waals surface area (Å²) in [6.45, 7) is 3.46. The molecule has 2 heterocycles. The van der Waals surface area contributed by atoms with Crippen LogP contribution in [0.5, 0.6) is 0 Å². The highest BCUT2D eigenvalue weighted by atomic mass is 79.9. The maximum Gasteiger partial charge on any atom is 0.0965 e. The lowest BCUT2D eigenvalue weighted by atomic mass is 10.3. The van der Waals surface area contributed by atoms with E-state index in [1.807, 2.05) is 29.5 Å². The normalized spacial score (nSPS) is 15.1. The molecule has 102 valence electrons. The van der Waals surface area contributed by atoms with Gasteiger partial charge in [0.2, 0.25) is 0 Å². The zero-order valence-corrected chi connectivity index (χ0v) is 12.7. The van der Waals surface area contributed by atoms with Gasteiger partial charge in [-0.3, -0.25) is 4.68 Å². The summed E-state index contributed by atoms with van der Waals surface area (Å²) in [6.07, 6.45) is 4.56. The standard InChI is InChI=1S/C12H17BrN6/c1-8-12(13)11(18(2)16-8)7-19-6-10(15-17-19)5-14-9-3-4-9/h6,9,14H,3-5,7H2,1-2H3. The molecule has 0 spiro atoms. The highest BCUT2D eigenvalue weighted by molar-refractivity contribution is 9.10. The Labute approximate surface area is 120 Å². The molecule has 6 nitrogen and oxygen atoms in total. The molecule has 0 unspecified atom stereocenters. The first kappa shape index (κ1) is 12.8. The van der Waals surface area contributed by atoms with Gasteiger partial charge in [-0.25, -0.2) is 4.68 Å². The fourth-order valence-electron chi connectivity index (χ4n) is 2.04. The van der Waals surface area contributed by atoms with Crippen LogP contribution in [0.1, 0.15) is 29.9 Å². The summed E-state index contributed by atoms with van der Waals surface area (Å²) in [5.74, 6) is 0. The zero-order valence-electron chi connectivity index (χ0n) is 11.1. The topological polar surface area (TPSA) is 60.6 Å². The summed E-state index contributed by atoms with van der Waals surface area (Å²) in [7, 11) is 1.94. The molecule has 0 amide bonds. The third-order valence-corrected chi connectivity index (χ3v) is 4.34. The van der Waals surface area contributed by atoms with Gasteiger partial charge in [-0.15, -0.1) is 5.10 Å². The summed E-state index contributed by atoms with van der Waals surface area (Å²) in [5, 5.41) is 16.2. The van der Waals surface area contributed by atoms with Gasteiger partial charge in [0.25, 0.3) is 0 Å². The number of halogens is 1. The molecule has 0 aromatic carbocycles. The van der Waals surface area contributed by atoms with Crippen LogP contribution in [0.2, 0.25) is 0 Å². The molecule has 1 fully saturated rings. The van der Waals surface area contributed by atoms with Crippen molar-refractivity contribution in [2.75, 3.05) is 0 Å². The Bertz CT molecular complexity index is 583. The first-order valence-electron chi connectivity index (χ1n) is 6.44. The second-order valence-electron chi connectivity index (χ2n) is 5.03. The van der Waals surface area contributed by atoms with Gasteiger partial charge in [0.15, 0.2) is 0 Å². The Kier molecular flexibility index (Phi) is 3.40. The Morgan fingerprint density at radius 2 is 2.26 bits per heavy atom. The Morgan fingerprint density at radius 3 is 2.89 bits per heavy atom. The highest BCUT2D eigenvalue weighted by Gasteiger charge is 2.20. The molecular formula is C12H17BrN6. The van der Waals surface area contributed by atoms with Crippen LogP contribution in [0.25, 0.3) is 0 Å². The first-order chi connectivity index (χ1) is 9.13. The van der Waals surface area contributed by atoms with Gasteiger partial charge >= 0.3 is 0 Å². The van der Waals surface area contributed by atoms with Crippen LogP contribution < -0.4 is 5.32 Å². The van der Waals surface area contributed by atoms with E-state index in [0.29, 0.717) is 12.6 Å². The van der Waals surface area contributed by atoms with Crippen molar-refractivity contribution in [2.24, 2.45) is 7.05 Å². The minimum absolute atomic E-state index is 0.675. The predicted octanol–water partition coefficient (Wildman–Crippen LogP) is 1.38. The van der Waals surface area contributed by atoms with Crippen molar-refractivity contribution in [3.63, 3.8) is 0 Å². The Morgan fingerprint density at radius 1 is 1.47 bits per heavy atom. The number of nitrogens with one attached hydrogen (secondary N) is 1. The van der Waals surface area contributed by atoms with Crippen molar-refractivity contribution < 1.29 is 0 Å². The minimum atomic E-state index is 0.675. The van der Waals surface area contributed by atoms with Crippen molar-refractivity contribution in [1.29, 1.82) is 0 Å². The van der Waals surface area contributed by atoms with Gasteiger partial charge in [-0.2, -0.15) is 5.10 Å². The average Bonchev–Trinajstić information content (AvgIpc) is 3.06. The molecule has 1 aliphatic rings. The number of nitrogens with zero attached hydrogens (tertiary/aromatic N) is 5. The van der Waals surface area contributed by atoms with E-state index in [0.717, 1.165) is 28.1 Å². The van der Waals surface area contributed by atoms with E-state index in [1.165, 1.54) is 12.8 Å². The fraction of sp³-hybridized carbons (Fsp3) is 0.583. The molecule has 7 heteroatoms. The molecule has 1 N–H and O–H groups in total. The van der Waals surface area contributed by atoms with Gasteiger partial charge in [0.1, 0.15) is 0 Å². The first-order valence-corrected chi connectivity index (χ1v) is 7.23. The molecule has 1 saturated carbocycles. The van der Waals surface area contributed by atoms with Gasteiger partial charge in [-0.1, -0.05) is 5.21 Å². The van der Waals surface area contributed by atoms with Crippen molar-refractivity contribution in [3.05, 3.63) is 27.8 Å². The van der Waals surface area contributed by atoms with Crippen LogP contribution in [-0.2, 0) is 20.1 Å². The highest BCUT2D eigenvalue weighted by Crippen LogP contribution is 2.21. The Balaban J connectivity index is 1.68. The number of aromatic nitrogens is 5. The molecular weight excluding hydrogens is 308 g/mol. The maximum absolute atomic E-state index is 4.38. The summed E-state index contributed by atoms with van der Waals surface area (Å²) in [6, 6.07) is 0.694. The number of hydrogen-bond acceptors (Lipinski definition) is 4. The summed E-state index contributed by atoms with van der Waals surface area (Å²) >= 11 is 3.57. The third kappa shape index (κ3) is 2.87. The molecule has 1 aliphatic carbocycles. The van der Waals surface area contributed by atoms with Crippen LogP contribution >= 0.6 is 15.9 Å². The van der Waals surface area contributed by atoms with Crippen LogP contribution in [0.15, 0.2) is 10.7 Å². The smallest absolute Gasteiger partial charge is 0.0965 e. The van der Waals surface area contributed by atoms with E-state index >= 15 is 0 Å². The second kappa shape index (κ2) is 5.05. The van der Waals surface area contributed by atoms with Gasteiger partial charge in [-0.05, 0) is 35.7 Å². The summed E-state index contributed by atoms with van der Waals surface area (Å²) in [5.41, 5.74) is 3.08. The predicted molar refractivity (Wildman–Crippen MR) is 74.6 cm³/mol. The van der Waals surface area contributed by atoms with Crippen molar-refractivity contribution in [1.82, 2.24) is 30.1 Å². The molecule has 2 aromatic rings. The molecule has 19 heavy (non-hydrogen) atoms. The van der Waals surface area contributed by atoms with Crippen molar-refractivity contribution in [3.8, 4) is 0 Å². The Hall–Kier alpha value is -1.21. The molecule has 3 rings (SSSR count). The maximum atomic E-state index is 4.38. The van der Waals surface area contributed by atoms with Crippen LogP contribution in [0, 0.1) is 6.92 Å². The molecule has 0 aliphatic heterocycles. The van der Waals surface area contributed by atoms with E-state index < -0.39 is 0 Å². The average molecular weight is 325 g/mol. The fourth-order valence-corrected chi connectivity index (χ4v) is 2.50. The van der Waals surface area contributed by atoms with Gasteiger partial charge < -0.3 is 5.32 Å². The number of aryl methyl sites for hydroxylation is 2. The van der Waals surface area contributed by atoms with Gasteiger partial charge in [0, 0.05) is 19.6 Å². The van der Waals surface area contributed by atoms with Gasteiger partial charge in [0.05, 0.1) is 34.3 Å². The van der Waals surface area contributed by atoms with E-state index in [4.69, 9.17) is 0 Å². The molecule has 2 aromatic heterocycles. The van der Waals surface area contributed by atoms with E-state index in [1.54, 1.807) is 0 Å². The van der Waals surface area contributed by atoms with Crippen LogP contribution in [-0.4, -0.2) is 30.8 Å². The minimum Gasteiger partial charge on any atom is -0.308 e. The lowest BCUT2D eigenvalue weighted by molar-refractivity contribution is 0.597. The summed E-state index contributed by atoms with van der Waals surface area (Å²) in [4.78, 5) is 0. The molecule has 0 saturated heterocycles. The number of hydrogen-bond donors (Lipinski definition) is 1. The van der Waals surface area contributed by atoms with E-state index in [-0.39, 0.29) is 0 Å². The molecule has 0 atom stereocenters. The quantitative estimate of drug-likeness (QED) is 0.902. The SMILES string of the molecule is Cc1nn(C)c(Cn2cc(CNC3CC3)nn2)c1Br. The van der Waals surface area contributed by atoms with Crippen LogP contribution in [0.3, 0.4) is 0 Å². The number of rotatable bonds is 5.